The van der Waals surface area contributed by atoms with Crippen LogP contribution in [0.25, 0.3) is 32.2 Å². The van der Waals surface area contributed by atoms with Gasteiger partial charge in [-0.3, -0.25) is 0 Å². The topological polar surface area (TPSA) is 104 Å². The molecule has 5 aromatic rings. The summed E-state index contributed by atoms with van der Waals surface area (Å²) in [6.07, 6.45) is -5.08. The molecule has 0 aliphatic rings. The number of carboxylic acid groups (broad SMARTS) is 1. The molecular weight excluding hydrogens is 562 g/mol. The van der Waals surface area contributed by atoms with Crippen molar-refractivity contribution < 1.29 is 37.0 Å². The van der Waals surface area contributed by atoms with Crippen molar-refractivity contribution in [2.24, 2.45) is 0 Å². The molecule has 0 spiro atoms. The van der Waals surface area contributed by atoms with Gasteiger partial charge in [0.2, 0.25) is 0 Å². The number of ether oxygens (including phenoxy) is 1. The summed E-state index contributed by atoms with van der Waals surface area (Å²) in [5.41, 5.74) is 5.33. The van der Waals surface area contributed by atoms with Crippen LogP contribution in [0.5, 0.6) is 0 Å². The molecule has 0 atom stereocenters. The molecule has 0 saturated carbocycles. The molecule has 0 aliphatic carbocycles. The molecule has 3 N–H and O–H groups in total. The predicted octanol–water partition coefficient (Wildman–Crippen LogP) is 6.81. The monoisotopic (exact) mass is 585 g/mol. The number of hydrogen-bond acceptors (Lipinski definition) is 6. The van der Waals surface area contributed by atoms with E-state index >= 15 is 0 Å². The first kappa shape index (κ1) is 29.4. The molecule has 0 bridgehead atoms. The summed E-state index contributed by atoms with van der Waals surface area (Å²) >= 11 is 1.64. The number of nitrogens with zero attached hydrogens (tertiary/aromatic N) is 1. The number of H-pyrrole nitrogens is 1. The Hall–Kier alpha value is -4.55. The Kier molecular flexibility index (Phi) is 9.15. The van der Waals surface area contributed by atoms with E-state index in [9.17, 15) is 22.4 Å². The maximum Gasteiger partial charge on any atom is 0.490 e. The number of imidazole rings is 1. The first-order chi connectivity index (χ1) is 19.5. The van der Waals surface area contributed by atoms with Crippen molar-refractivity contribution in [1.29, 1.82) is 0 Å². The van der Waals surface area contributed by atoms with Gasteiger partial charge in [-0.25, -0.2) is 19.0 Å². The maximum absolute atomic E-state index is 13.5. The molecule has 12 heteroatoms. The Balaban J connectivity index is 0.000000493. The number of halogens is 4. The molecule has 7 nitrogen and oxygen atoms in total. The van der Waals surface area contributed by atoms with Gasteiger partial charge in [0.1, 0.15) is 11.6 Å². The van der Waals surface area contributed by atoms with Crippen LogP contribution in [-0.4, -0.2) is 40.3 Å². The lowest BCUT2D eigenvalue weighted by Crippen LogP contribution is -2.21. The van der Waals surface area contributed by atoms with Crippen molar-refractivity contribution in [2.45, 2.75) is 19.3 Å². The van der Waals surface area contributed by atoms with Crippen LogP contribution in [-0.2, 0) is 22.6 Å². The summed E-state index contributed by atoms with van der Waals surface area (Å²) in [7, 11) is 1.38. The third-order valence-electron chi connectivity index (χ3n) is 5.77. The van der Waals surface area contributed by atoms with E-state index in [0.717, 1.165) is 32.2 Å². The Morgan fingerprint density at radius 3 is 2.32 bits per heavy atom. The van der Waals surface area contributed by atoms with Crippen molar-refractivity contribution in [3.8, 4) is 21.1 Å². The largest absolute Gasteiger partial charge is 0.490 e. The normalized spacial score (nSPS) is 11.1. The van der Waals surface area contributed by atoms with Gasteiger partial charge >= 0.3 is 18.1 Å². The van der Waals surface area contributed by atoms with Gasteiger partial charge in [-0.05, 0) is 59.2 Å². The first-order valence-electron chi connectivity index (χ1n) is 12.1. The van der Waals surface area contributed by atoms with Gasteiger partial charge in [-0.1, -0.05) is 36.4 Å². The summed E-state index contributed by atoms with van der Waals surface area (Å²) in [4.78, 5) is 30.5. The van der Waals surface area contributed by atoms with Crippen LogP contribution in [0.2, 0.25) is 0 Å². The number of fused-ring (bicyclic) bond motifs is 1. The zero-order valence-corrected chi connectivity index (χ0v) is 22.3. The minimum absolute atomic E-state index is 0.279. The number of thiophene rings is 1. The number of carboxylic acids is 1. The lowest BCUT2D eigenvalue weighted by Gasteiger charge is -2.07. The highest BCUT2D eigenvalue weighted by atomic mass is 32.1. The molecule has 3 aromatic carbocycles. The summed E-state index contributed by atoms with van der Waals surface area (Å²) in [6, 6.07) is 24.5. The van der Waals surface area contributed by atoms with Crippen molar-refractivity contribution in [1.82, 2.24) is 15.3 Å². The summed E-state index contributed by atoms with van der Waals surface area (Å²) in [5.74, 6) is -2.62. The van der Waals surface area contributed by atoms with Crippen LogP contribution in [0.1, 0.15) is 21.5 Å². The number of carbonyl (C=O) groups excluding carboxylic acids is 1. The number of alkyl halides is 3. The van der Waals surface area contributed by atoms with Gasteiger partial charge in [0, 0.05) is 18.0 Å². The summed E-state index contributed by atoms with van der Waals surface area (Å²) in [6.45, 7) is 1.37. The molecule has 0 radical (unpaired) electrons. The highest BCUT2D eigenvalue weighted by Gasteiger charge is 2.38. The van der Waals surface area contributed by atoms with E-state index in [4.69, 9.17) is 14.6 Å². The number of hydrogen-bond donors (Lipinski definition) is 3. The molecule has 2 aromatic heterocycles. The highest BCUT2D eigenvalue weighted by Crippen LogP contribution is 2.34. The Labute approximate surface area is 235 Å². The Morgan fingerprint density at radius 1 is 0.951 bits per heavy atom. The number of esters is 1. The number of benzene rings is 3. The molecule has 0 fully saturated rings. The van der Waals surface area contributed by atoms with Crippen LogP contribution >= 0.6 is 11.3 Å². The third-order valence-corrected chi connectivity index (χ3v) is 6.91. The number of nitrogens with one attached hydrogen (secondary N) is 2. The first-order valence-corrected chi connectivity index (χ1v) is 12.9. The summed E-state index contributed by atoms with van der Waals surface area (Å²) < 4.78 is 50.0. The van der Waals surface area contributed by atoms with Gasteiger partial charge < -0.3 is 20.1 Å². The van der Waals surface area contributed by atoms with Crippen LogP contribution in [0, 0.1) is 5.82 Å². The molecule has 212 valence electrons. The molecule has 0 unspecified atom stereocenters. The van der Waals surface area contributed by atoms with Crippen molar-refractivity contribution in [3.05, 3.63) is 101 Å². The Morgan fingerprint density at radius 2 is 1.63 bits per heavy atom. The second kappa shape index (κ2) is 12.7. The average Bonchev–Trinajstić information content (AvgIpc) is 3.60. The fourth-order valence-corrected chi connectivity index (χ4v) is 4.74. The number of aliphatic carboxylic acids is 1. The quantitative estimate of drug-likeness (QED) is 0.143. The fraction of sp³-hybridized carbons (Fsp3) is 0.138. The molecule has 41 heavy (non-hydrogen) atoms. The van der Waals surface area contributed by atoms with E-state index in [2.05, 4.69) is 45.6 Å². The van der Waals surface area contributed by atoms with E-state index in [1.165, 1.54) is 24.8 Å². The maximum atomic E-state index is 13.5. The number of methoxy groups -OCH3 is 1. The lowest BCUT2D eigenvalue weighted by atomic mass is 10.1. The van der Waals surface area contributed by atoms with E-state index < -0.39 is 12.1 Å². The molecule has 5 rings (SSSR count). The number of carbonyl (C=O) groups is 2. The minimum atomic E-state index is -5.08. The molecular formula is C29H23F4N3O4S. The van der Waals surface area contributed by atoms with Crippen LogP contribution in [0.3, 0.4) is 0 Å². The predicted molar refractivity (Wildman–Crippen MR) is 147 cm³/mol. The van der Waals surface area contributed by atoms with Crippen LogP contribution in [0.4, 0.5) is 17.6 Å². The third kappa shape index (κ3) is 7.77. The van der Waals surface area contributed by atoms with Gasteiger partial charge in [0.25, 0.3) is 0 Å². The smallest absolute Gasteiger partial charge is 0.475 e. The molecule has 2 heterocycles. The zero-order valence-electron chi connectivity index (χ0n) is 21.5. The second-order valence-corrected chi connectivity index (χ2v) is 9.79. The van der Waals surface area contributed by atoms with Gasteiger partial charge in [-0.2, -0.15) is 13.2 Å². The van der Waals surface area contributed by atoms with E-state index in [1.807, 2.05) is 24.3 Å². The summed E-state index contributed by atoms with van der Waals surface area (Å²) in [5, 5.41) is 10.5. The van der Waals surface area contributed by atoms with E-state index in [0.29, 0.717) is 24.2 Å². The van der Waals surface area contributed by atoms with Crippen molar-refractivity contribution >= 4 is 34.3 Å². The number of aromatic amines is 1. The van der Waals surface area contributed by atoms with Crippen molar-refractivity contribution in [3.63, 3.8) is 0 Å². The molecule has 0 saturated heterocycles. The highest BCUT2D eigenvalue weighted by molar-refractivity contribution is 7.18. The lowest BCUT2D eigenvalue weighted by molar-refractivity contribution is -0.192. The van der Waals surface area contributed by atoms with E-state index in [1.54, 1.807) is 23.5 Å². The standard InChI is InChI=1S/C27H22FN3O2S.C2HF3O2/c1-33-27(32)20-4-2-3-18(13-20)16-29-15-17-5-7-19(8-6-17)24-11-12-25(34-24)26-30-22-10-9-21(28)14-23(22)31-26;3-2(4,5)1(6)7/h2-14,29H,15-16H2,1H3,(H,30,31);(H,6,7). The van der Waals surface area contributed by atoms with Gasteiger partial charge in [-0.15, -0.1) is 11.3 Å². The molecule has 0 amide bonds. The van der Waals surface area contributed by atoms with Crippen molar-refractivity contribution in [2.75, 3.05) is 7.11 Å². The zero-order chi connectivity index (χ0) is 29.6. The SMILES string of the molecule is COC(=O)c1cccc(CNCc2ccc(-c3ccc(-c4nc5ccc(F)cc5[nH]4)s3)cc2)c1.O=C(O)C(F)(F)F. The van der Waals surface area contributed by atoms with Gasteiger partial charge in [0.05, 0.1) is 28.6 Å². The number of rotatable bonds is 7. The number of aromatic nitrogens is 2. The minimum Gasteiger partial charge on any atom is -0.475 e. The molecule has 0 aliphatic heterocycles. The Bertz CT molecular complexity index is 1660. The average molecular weight is 586 g/mol. The van der Waals surface area contributed by atoms with Crippen LogP contribution in [0.15, 0.2) is 78.9 Å². The fourth-order valence-electron chi connectivity index (χ4n) is 3.78. The second-order valence-electron chi connectivity index (χ2n) is 8.71. The van der Waals surface area contributed by atoms with E-state index in [-0.39, 0.29) is 11.8 Å². The van der Waals surface area contributed by atoms with Crippen LogP contribution < -0.4 is 5.32 Å². The van der Waals surface area contributed by atoms with Gasteiger partial charge in [0.15, 0.2) is 0 Å².